The zero-order valence-electron chi connectivity index (χ0n) is 15.0. The third-order valence-electron chi connectivity index (χ3n) is 4.61. The fourth-order valence-corrected chi connectivity index (χ4v) is 3.27. The molecule has 1 N–H and O–H groups in total. The number of nitrogens with zero attached hydrogens (tertiary/aromatic N) is 4. The molecule has 1 aliphatic heterocycles. The third-order valence-corrected chi connectivity index (χ3v) is 4.61. The lowest BCUT2D eigenvalue weighted by atomic mass is 10.0. The van der Waals surface area contributed by atoms with E-state index in [0.29, 0.717) is 5.95 Å². The number of aryl methyl sites for hydroxylation is 3. The number of anilines is 3. The number of benzene rings is 1. The summed E-state index contributed by atoms with van der Waals surface area (Å²) in [6.45, 7) is 8.37. The van der Waals surface area contributed by atoms with Crippen LogP contribution in [-0.4, -0.2) is 28.0 Å². The van der Waals surface area contributed by atoms with Crippen molar-refractivity contribution in [2.45, 2.75) is 52.9 Å². The molecule has 0 unspecified atom stereocenters. The van der Waals surface area contributed by atoms with Crippen molar-refractivity contribution in [3.63, 3.8) is 0 Å². The van der Waals surface area contributed by atoms with Crippen LogP contribution in [-0.2, 0) is 12.8 Å². The number of piperidine rings is 1. The topological polar surface area (TPSA) is 53.9 Å². The first-order chi connectivity index (χ1) is 11.7. The molecule has 0 spiro atoms. The van der Waals surface area contributed by atoms with Gasteiger partial charge in [-0.3, -0.25) is 0 Å². The molecule has 1 fully saturated rings. The summed E-state index contributed by atoms with van der Waals surface area (Å²) in [5, 5.41) is 3.47. The van der Waals surface area contributed by atoms with Crippen molar-refractivity contribution in [1.29, 1.82) is 0 Å². The van der Waals surface area contributed by atoms with Crippen molar-refractivity contribution in [2.75, 3.05) is 23.3 Å². The maximum atomic E-state index is 4.70. The molecule has 1 aliphatic rings. The number of rotatable bonds is 5. The minimum Gasteiger partial charge on any atom is -0.341 e. The Bertz CT molecular complexity index is 670. The van der Waals surface area contributed by atoms with Crippen molar-refractivity contribution in [3.8, 4) is 0 Å². The van der Waals surface area contributed by atoms with Gasteiger partial charge in [0.1, 0.15) is 5.82 Å². The van der Waals surface area contributed by atoms with Gasteiger partial charge in [0, 0.05) is 18.8 Å². The highest BCUT2D eigenvalue weighted by Crippen LogP contribution is 2.26. The molecule has 1 aromatic carbocycles. The molecular formula is C19H27N5. The fraction of sp³-hybridized carbons (Fsp3) is 0.526. The van der Waals surface area contributed by atoms with Gasteiger partial charge >= 0.3 is 0 Å². The second-order valence-corrected chi connectivity index (χ2v) is 6.34. The van der Waals surface area contributed by atoms with E-state index >= 15 is 0 Å². The Labute approximate surface area is 144 Å². The van der Waals surface area contributed by atoms with E-state index in [1.807, 2.05) is 6.92 Å². The van der Waals surface area contributed by atoms with Crippen molar-refractivity contribution >= 4 is 17.6 Å². The van der Waals surface area contributed by atoms with Gasteiger partial charge in [-0.05, 0) is 50.2 Å². The highest BCUT2D eigenvalue weighted by molar-refractivity contribution is 5.64. The second-order valence-electron chi connectivity index (χ2n) is 6.34. The van der Waals surface area contributed by atoms with Crippen LogP contribution in [0.2, 0.25) is 0 Å². The molecule has 0 saturated carbocycles. The molecule has 0 radical (unpaired) electrons. The number of hydrogen-bond donors (Lipinski definition) is 1. The minimum absolute atomic E-state index is 0.652. The van der Waals surface area contributed by atoms with Gasteiger partial charge in [0.25, 0.3) is 0 Å². The summed E-state index contributed by atoms with van der Waals surface area (Å²) < 4.78 is 0. The maximum Gasteiger partial charge on any atom is 0.232 e. The molecule has 2 aromatic rings. The predicted molar refractivity (Wildman–Crippen MR) is 99.1 cm³/mol. The lowest BCUT2D eigenvalue weighted by Gasteiger charge is -2.27. The molecule has 3 rings (SSSR count). The lowest BCUT2D eigenvalue weighted by molar-refractivity contribution is 0.567. The Hall–Kier alpha value is -2.17. The Morgan fingerprint density at radius 3 is 2.25 bits per heavy atom. The maximum absolute atomic E-state index is 4.70. The number of aromatic nitrogens is 3. The van der Waals surface area contributed by atoms with Crippen molar-refractivity contribution in [3.05, 3.63) is 35.2 Å². The Morgan fingerprint density at radius 2 is 1.62 bits per heavy atom. The Morgan fingerprint density at radius 1 is 0.958 bits per heavy atom. The first kappa shape index (κ1) is 16.7. The quantitative estimate of drug-likeness (QED) is 0.899. The van der Waals surface area contributed by atoms with Crippen LogP contribution >= 0.6 is 0 Å². The van der Waals surface area contributed by atoms with Crippen LogP contribution < -0.4 is 10.2 Å². The van der Waals surface area contributed by atoms with Crippen LogP contribution in [0.3, 0.4) is 0 Å². The highest BCUT2D eigenvalue weighted by atomic mass is 15.3. The normalized spacial score (nSPS) is 14.7. The van der Waals surface area contributed by atoms with E-state index in [0.717, 1.165) is 43.4 Å². The van der Waals surface area contributed by atoms with Crippen molar-refractivity contribution in [1.82, 2.24) is 15.0 Å². The molecule has 0 amide bonds. The average Bonchev–Trinajstić information content (AvgIpc) is 2.62. The van der Waals surface area contributed by atoms with Gasteiger partial charge in [0.15, 0.2) is 0 Å². The van der Waals surface area contributed by atoms with E-state index in [9.17, 15) is 0 Å². The largest absolute Gasteiger partial charge is 0.341 e. The Balaban J connectivity index is 1.92. The van der Waals surface area contributed by atoms with E-state index in [1.54, 1.807) is 0 Å². The molecule has 1 aromatic heterocycles. The molecule has 0 bridgehead atoms. The molecule has 5 nitrogen and oxygen atoms in total. The molecule has 5 heteroatoms. The van der Waals surface area contributed by atoms with Gasteiger partial charge in [-0.15, -0.1) is 0 Å². The lowest BCUT2D eigenvalue weighted by Crippen LogP contribution is -2.31. The number of hydrogen-bond acceptors (Lipinski definition) is 5. The predicted octanol–water partition coefficient (Wildman–Crippen LogP) is 4.04. The van der Waals surface area contributed by atoms with E-state index in [1.165, 1.54) is 30.4 Å². The van der Waals surface area contributed by atoms with E-state index in [-0.39, 0.29) is 0 Å². The van der Waals surface area contributed by atoms with Crippen LogP contribution in [0, 0.1) is 6.92 Å². The van der Waals surface area contributed by atoms with Gasteiger partial charge in [-0.2, -0.15) is 15.0 Å². The summed E-state index contributed by atoms with van der Waals surface area (Å²) in [5.74, 6) is 2.22. The molecule has 24 heavy (non-hydrogen) atoms. The zero-order chi connectivity index (χ0) is 16.9. The van der Waals surface area contributed by atoms with E-state index < -0.39 is 0 Å². The minimum atomic E-state index is 0.652. The molecular weight excluding hydrogens is 298 g/mol. The Kier molecular flexibility index (Phi) is 5.28. The van der Waals surface area contributed by atoms with Crippen molar-refractivity contribution < 1.29 is 0 Å². The molecule has 128 valence electrons. The van der Waals surface area contributed by atoms with Gasteiger partial charge in [0.2, 0.25) is 11.9 Å². The second kappa shape index (κ2) is 7.60. The van der Waals surface area contributed by atoms with E-state index in [2.05, 4.69) is 52.2 Å². The molecule has 0 atom stereocenters. The molecule has 2 heterocycles. The van der Waals surface area contributed by atoms with Crippen LogP contribution in [0.15, 0.2) is 18.2 Å². The average molecular weight is 325 g/mol. The smallest absolute Gasteiger partial charge is 0.232 e. The SMILES string of the molecule is CCc1cccc(CC)c1Nc1nc(C)nc(N2CCCCC2)n1. The van der Waals surface area contributed by atoms with Crippen LogP contribution in [0.25, 0.3) is 0 Å². The summed E-state index contributed by atoms with van der Waals surface area (Å²) in [4.78, 5) is 16.0. The highest BCUT2D eigenvalue weighted by Gasteiger charge is 2.16. The van der Waals surface area contributed by atoms with Crippen LogP contribution in [0.5, 0.6) is 0 Å². The third kappa shape index (κ3) is 3.66. The van der Waals surface area contributed by atoms with Gasteiger partial charge in [0.05, 0.1) is 0 Å². The fourth-order valence-electron chi connectivity index (χ4n) is 3.27. The van der Waals surface area contributed by atoms with Gasteiger partial charge in [-0.25, -0.2) is 0 Å². The number of para-hydroxylation sites is 1. The molecule has 0 aliphatic carbocycles. The van der Waals surface area contributed by atoms with Crippen molar-refractivity contribution in [2.24, 2.45) is 0 Å². The van der Waals surface area contributed by atoms with Crippen LogP contribution in [0.4, 0.5) is 17.6 Å². The first-order valence-electron chi connectivity index (χ1n) is 9.06. The van der Waals surface area contributed by atoms with Gasteiger partial charge < -0.3 is 10.2 Å². The summed E-state index contributed by atoms with van der Waals surface area (Å²) in [7, 11) is 0. The zero-order valence-corrected chi connectivity index (χ0v) is 15.0. The summed E-state index contributed by atoms with van der Waals surface area (Å²) in [5.41, 5.74) is 3.75. The van der Waals surface area contributed by atoms with E-state index in [4.69, 9.17) is 4.98 Å². The van der Waals surface area contributed by atoms with Crippen LogP contribution in [0.1, 0.15) is 50.1 Å². The standard InChI is InChI=1S/C19H27N5/c1-4-15-10-9-11-16(5-2)17(15)22-18-20-14(3)21-19(23-18)24-12-7-6-8-13-24/h9-11H,4-8,12-13H2,1-3H3,(H,20,21,22,23). The summed E-state index contributed by atoms with van der Waals surface area (Å²) in [6.07, 6.45) is 5.70. The monoisotopic (exact) mass is 325 g/mol. The van der Waals surface area contributed by atoms with Gasteiger partial charge in [-0.1, -0.05) is 32.0 Å². The summed E-state index contributed by atoms with van der Waals surface area (Å²) >= 11 is 0. The number of nitrogens with one attached hydrogen (secondary N) is 1. The first-order valence-corrected chi connectivity index (χ1v) is 9.06. The molecule has 1 saturated heterocycles. The summed E-state index contributed by atoms with van der Waals surface area (Å²) in [6, 6.07) is 6.46.